The summed E-state index contributed by atoms with van der Waals surface area (Å²) in [6.07, 6.45) is 3.41. The molecule has 1 heteroatoms. The van der Waals surface area contributed by atoms with Crippen LogP contribution in [0.2, 0.25) is 0 Å². The molecule has 1 unspecified atom stereocenters. The third kappa shape index (κ3) is 2.77. The Labute approximate surface area is 123 Å². The highest BCUT2D eigenvalue weighted by molar-refractivity contribution is 5.62. The quantitative estimate of drug-likeness (QED) is 0.715. The Balaban J connectivity index is 2.51. The highest BCUT2D eigenvalue weighted by Gasteiger charge is 2.15. The van der Waals surface area contributed by atoms with E-state index in [4.69, 9.17) is 0 Å². The fraction of sp³-hybridized carbons (Fsp3) is 0.421. The zero-order valence-electron chi connectivity index (χ0n) is 13.6. The number of nitrogens with zero attached hydrogens (tertiary/aromatic N) is 1. The molecule has 1 nitrogen and oxygen atoms in total. The van der Waals surface area contributed by atoms with Crippen LogP contribution in [-0.4, -0.2) is 0 Å². The third-order valence-electron chi connectivity index (χ3n) is 4.45. The summed E-state index contributed by atoms with van der Waals surface area (Å²) in [4.78, 5) is 0. The zero-order chi connectivity index (χ0) is 14.9. The van der Waals surface area contributed by atoms with Crippen molar-refractivity contribution in [2.24, 2.45) is 7.05 Å². The van der Waals surface area contributed by atoms with Gasteiger partial charge >= 0.3 is 0 Å². The van der Waals surface area contributed by atoms with E-state index < -0.39 is 0 Å². The van der Waals surface area contributed by atoms with Crippen molar-refractivity contribution in [1.29, 1.82) is 0 Å². The minimum absolute atomic E-state index is 0.635. The molecule has 0 aliphatic heterocycles. The van der Waals surface area contributed by atoms with Gasteiger partial charge in [0, 0.05) is 17.2 Å². The van der Waals surface area contributed by atoms with E-state index in [2.05, 4.69) is 76.7 Å². The predicted molar refractivity (Wildman–Crippen MR) is 86.0 cm³/mol. The maximum atomic E-state index is 2.35. The molecule has 20 heavy (non-hydrogen) atoms. The summed E-state index contributed by atoms with van der Waals surface area (Å²) in [5.41, 5.74) is 8.12. The predicted octanol–water partition coefficient (Wildman–Crippen LogP) is 4.62. The molecule has 0 saturated heterocycles. The maximum absolute atomic E-state index is 2.35. The van der Waals surface area contributed by atoms with E-state index in [1.54, 1.807) is 0 Å². The Hall–Kier alpha value is -1.63. The summed E-state index contributed by atoms with van der Waals surface area (Å²) in [6, 6.07) is 9.20. The van der Waals surface area contributed by atoms with E-state index in [0.29, 0.717) is 5.92 Å². The summed E-state index contributed by atoms with van der Waals surface area (Å²) >= 11 is 0. The fourth-order valence-corrected chi connectivity index (χ4v) is 2.67. The molecule has 0 spiro atoms. The molecule has 0 aliphatic rings. The third-order valence-corrected chi connectivity index (χ3v) is 4.45. The summed E-state index contributed by atoms with van der Waals surface area (Å²) in [5.74, 6) is 0.635. The number of rotatable bonds is 3. The summed E-state index contributed by atoms with van der Waals surface area (Å²) in [7, 11) is 2.13. The second-order valence-electron chi connectivity index (χ2n) is 6.02. The van der Waals surface area contributed by atoms with Crippen LogP contribution >= 0.6 is 0 Å². The van der Waals surface area contributed by atoms with Crippen LogP contribution in [0.1, 0.15) is 48.4 Å². The Morgan fingerprint density at radius 2 is 1.70 bits per heavy atom. The normalized spacial score (nSPS) is 12.5. The van der Waals surface area contributed by atoms with E-state index in [1.165, 1.54) is 39.9 Å². The van der Waals surface area contributed by atoms with Crippen molar-refractivity contribution in [2.45, 2.75) is 47.0 Å². The van der Waals surface area contributed by atoms with Gasteiger partial charge in [-0.2, -0.15) is 0 Å². The largest absolute Gasteiger partial charge is 0.212 e. The van der Waals surface area contributed by atoms with Crippen LogP contribution in [0.15, 0.2) is 30.5 Å². The van der Waals surface area contributed by atoms with Gasteiger partial charge in [-0.25, -0.2) is 4.57 Å². The molecule has 0 saturated carbocycles. The lowest BCUT2D eigenvalue weighted by Crippen LogP contribution is -2.31. The first-order valence-corrected chi connectivity index (χ1v) is 7.51. The molecule has 0 bridgehead atoms. The van der Waals surface area contributed by atoms with Crippen LogP contribution in [0.3, 0.4) is 0 Å². The lowest BCUT2D eigenvalue weighted by atomic mass is 9.93. The summed E-state index contributed by atoms with van der Waals surface area (Å²) in [5, 5.41) is 0. The van der Waals surface area contributed by atoms with Gasteiger partial charge in [0.15, 0.2) is 6.20 Å². The first kappa shape index (κ1) is 14.8. The zero-order valence-corrected chi connectivity index (χ0v) is 13.6. The van der Waals surface area contributed by atoms with Gasteiger partial charge in [-0.15, -0.1) is 0 Å². The average Bonchev–Trinajstić information content (AvgIpc) is 2.42. The number of hydrogen-bond acceptors (Lipinski definition) is 0. The van der Waals surface area contributed by atoms with Crippen LogP contribution in [0.4, 0.5) is 0 Å². The van der Waals surface area contributed by atoms with Crippen LogP contribution in [-0.2, 0) is 7.05 Å². The lowest BCUT2D eigenvalue weighted by Gasteiger charge is -2.12. The monoisotopic (exact) mass is 268 g/mol. The van der Waals surface area contributed by atoms with Gasteiger partial charge in [-0.1, -0.05) is 26.0 Å². The van der Waals surface area contributed by atoms with Crippen LogP contribution in [0.5, 0.6) is 0 Å². The average molecular weight is 268 g/mol. The first-order valence-electron chi connectivity index (χ1n) is 7.51. The van der Waals surface area contributed by atoms with Gasteiger partial charge in [0.25, 0.3) is 0 Å². The highest BCUT2D eigenvalue weighted by Crippen LogP contribution is 2.27. The fourth-order valence-electron chi connectivity index (χ4n) is 2.67. The van der Waals surface area contributed by atoms with Crippen molar-refractivity contribution in [3.8, 4) is 11.3 Å². The summed E-state index contributed by atoms with van der Waals surface area (Å²) in [6.45, 7) is 11.1. The molecule has 1 heterocycles. The maximum Gasteiger partial charge on any atom is 0.212 e. The molecule has 0 N–H and O–H groups in total. The molecule has 106 valence electrons. The Bertz CT molecular complexity index is 626. The minimum Gasteiger partial charge on any atom is -0.201 e. The molecular weight excluding hydrogens is 242 g/mol. The van der Waals surface area contributed by atoms with Gasteiger partial charge in [0.1, 0.15) is 7.05 Å². The molecule has 2 rings (SSSR count). The van der Waals surface area contributed by atoms with Crippen molar-refractivity contribution >= 4 is 0 Å². The van der Waals surface area contributed by atoms with Gasteiger partial charge in [-0.05, 0) is 55.9 Å². The molecule has 0 radical (unpaired) electrons. The molecule has 0 fully saturated rings. The van der Waals surface area contributed by atoms with E-state index in [-0.39, 0.29) is 0 Å². The van der Waals surface area contributed by atoms with Crippen molar-refractivity contribution in [2.75, 3.05) is 0 Å². The van der Waals surface area contributed by atoms with Crippen LogP contribution in [0.25, 0.3) is 11.3 Å². The van der Waals surface area contributed by atoms with Gasteiger partial charge in [0.05, 0.1) is 0 Å². The van der Waals surface area contributed by atoms with Crippen molar-refractivity contribution < 1.29 is 4.57 Å². The summed E-state index contributed by atoms with van der Waals surface area (Å²) < 4.78 is 2.23. The van der Waals surface area contributed by atoms with Crippen molar-refractivity contribution in [1.82, 2.24) is 0 Å². The number of benzene rings is 1. The molecule has 0 amide bonds. The number of aromatic nitrogens is 1. The number of pyridine rings is 1. The highest BCUT2D eigenvalue weighted by atomic mass is 14.9. The van der Waals surface area contributed by atoms with E-state index in [1.807, 2.05) is 0 Å². The van der Waals surface area contributed by atoms with E-state index in [9.17, 15) is 0 Å². The van der Waals surface area contributed by atoms with Crippen LogP contribution in [0, 0.1) is 20.8 Å². The first-order chi connectivity index (χ1) is 9.43. The van der Waals surface area contributed by atoms with E-state index in [0.717, 1.165) is 0 Å². The van der Waals surface area contributed by atoms with Gasteiger partial charge in [-0.3, -0.25) is 0 Å². The molecule has 1 aromatic carbocycles. The standard InChI is InChI=1S/C19H26N/c1-7-13(2)17-8-9-18(15(4)10-17)19-11-14(3)16(5)12-20(19)6/h8-13H,7H2,1-6H3/q+1. The molecule has 1 aromatic heterocycles. The molecule has 0 aliphatic carbocycles. The van der Waals surface area contributed by atoms with E-state index >= 15 is 0 Å². The Kier molecular flexibility index (Phi) is 4.27. The SMILES string of the molecule is CCC(C)c1ccc(-c2cc(C)c(C)c[n+]2C)c(C)c1. The second kappa shape index (κ2) is 5.78. The number of hydrogen-bond donors (Lipinski definition) is 0. The molecule has 2 aromatic rings. The van der Waals surface area contributed by atoms with Crippen molar-refractivity contribution in [3.63, 3.8) is 0 Å². The topological polar surface area (TPSA) is 3.88 Å². The second-order valence-corrected chi connectivity index (χ2v) is 6.02. The van der Waals surface area contributed by atoms with Crippen LogP contribution < -0.4 is 4.57 Å². The lowest BCUT2D eigenvalue weighted by molar-refractivity contribution is -0.660. The number of aryl methyl sites for hydroxylation is 4. The molecule has 1 atom stereocenters. The van der Waals surface area contributed by atoms with Gasteiger partial charge in [0.2, 0.25) is 5.69 Å². The smallest absolute Gasteiger partial charge is 0.201 e. The Morgan fingerprint density at radius 3 is 2.30 bits per heavy atom. The molecular formula is C19H26N+. The van der Waals surface area contributed by atoms with Gasteiger partial charge < -0.3 is 0 Å². The Morgan fingerprint density at radius 1 is 1.00 bits per heavy atom. The minimum atomic E-state index is 0.635. The van der Waals surface area contributed by atoms with Crippen molar-refractivity contribution in [3.05, 3.63) is 52.7 Å².